The quantitative estimate of drug-likeness (QED) is 0.418. The van der Waals surface area contributed by atoms with Gasteiger partial charge in [-0.3, -0.25) is 9.59 Å². The number of nitrogens with two attached hydrogens (primary N) is 1. The fraction of sp³-hybridized carbons (Fsp3) is 0.182. The molecule has 0 saturated heterocycles. The molecule has 0 saturated carbocycles. The van der Waals surface area contributed by atoms with E-state index in [4.69, 9.17) is 15.5 Å². The summed E-state index contributed by atoms with van der Waals surface area (Å²) in [6.45, 7) is 3.91. The molecule has 0 aliphatic rings. The molecule has 0 aliphatic carbocycles. The van der Waals surface area contributed by atoms with Gasteiger partial charge >= 0.3 is 5.97 Å². The summed E-state index contributed by atoms with van der Waals surface area (Å²) < 4.78 is 7.18. The zero-order valence-electron chi connectivity index (χ0n) is 16.2. The molecule has 7 nitrogen and oxygen atoms in total. The summed E-state index contributed by atoms with van der Waals surface area (Å²) in [5.74, 6) is -0.664. The van der Waals surface area contributed by atoms with Crippen molar-refractivity contribution in [2.75, 3.05) is 0 Å². The van der Waals surface area contributed by atoms with E-state index in [0.717, 1.165) is 33.5 Å². The van der Waals surface area contributed by atoms with Crippen LogP contribution in [0.2, 0.25) is 0 Å². The van der Waals surface area contributed by atoms with Crippen LogP contribution in [0, 0.1) is 13.8 Å². The largest absolute Gasteiger partial charge is 0.426 e. The Kier molecular flexibility index (Phi) is 4.72. The predicted molar refractivity (Wildman–Crippen MR) is 109 cm³/mol. The lowest BCUT2D eigenvalue weighted by atomic mass is 10.1. The molecule has 2 aromatic carbocycles. The normalized spacial score (nSPS) is 11.1. The van der Waals surface area contributed by atoms with Crippen LogP contribution in [0.1, 0.15) is 33.7 Å². The van der Waals surface area contributed by atoms with Gasteiger partial charge in [-0.2, -0.15) is 5.10 Å². The van der Waals surface area contributed by atoms with E-state index in [1.807, 2.05) is 42.6 Å². The third kappa shape index (κ3) is 3.54. The fourth-order valence-electron chi connectivity index (χ4n) is 3.46. The van der Waals surface area contributed by atoms with Gasteiger partial charge < -0.3 is 10.5 Å². The Balaban J connectivity index is 1.55. The van der Waals surface area contributed by atoms with Crippen LogP contribution in [0.15, 0.2) is 48.5 Å². The van der Waals surface area contributed by atoms with Gasteiger partial charge in [-0.05, 0) is 56.2 Å². The van der Waals surface area contributed by atoms with Gasteiger partial charge in [-0.25, -0.2) is 9.50 Å². The molecule has 7 heteroatoms. The van der Waals surface area contributed by atoms with Crippen LogP contribution in [0.5, 0.6) is 5.75 Å². The highest BCUT2D eigenvalue weighted by Gasteiger charge is 2.15. The summed E-state index contributed by atoms with van der Waals surface area (Å²) in [6.07, 6.45) is 0.654. The second-order valence-electron chi connectivity index (χ2n) is 6.88. The number of carbonyl (C=O) groups excluding carboxylic acids is 2. The number of benzene rings is 2. The number of fused-ring (bicyclic) bond motifs is 3. The van der Waals surface area contributed by atoms with Gasteiger partial charge in [0.2, 0.25) is 5.91 Å². The first-order valence-corrected chi connectivity index (χ1v) is 9.28. The summed E-state index contributed by atoms with van der Waals surface area (Å²) in [5, 5.41) is 5.63. The number of aryl methyl sites for hydroxylation is 2. The predicted octanol–water partition coefficient (Wildman–Crippen LogP) is 3.14. The smallest absolute Gasteiger partial charge is 0.311 e. The van der Waals surface area contributed by atoms with Gasteiger partial charge in [0.15, 0.2) is 5.65 Å². The molecule has 4 rings (SSSR count). The average molecular weight is 388 g/mol. The van der Waals surface area contributed by atoms with Gasteiger partial charge in [0, 0.05) is 22.3 Å². The highest BCUT2D eigenvalue weighted by Crippen LogP contribution is 2.23. The maximum absolute atomic E-state index is 12.3. The summed E-state index contributed by atoms with van der Waals surface area (Å²) >= 11 is 0. The van der Waals surface area contributed by atoms with Crippen LogP contribution >= 0.6 is 0 Å². The zero-order valence-corrected chi connectivity index (χ0v) is 16.2. The van der Waals surface area contributed by atoms with Gasteiger partial charge in [-0.1, -0.05) is 18.2 Å². The van der Waals surface area contributed by atoms with Crippen LogP contribution in [-0.4, -0.2) is 26.5 Å². The minimum absolute atomic E-state index is 0.177. The average Bonchev–Trinajstić information content (AvgIpc) is 3.07. The molecule has 2 aromatic heterocycles. The molecule has 2 heterocycles. The lowest BCUT2D eigenvalue weighted by molar-refractivity contribution is -0.134. The van der Waals surface area contributed by atoms with E-state index in [1.165, 1.54) is 6.07 Å². The molecule has 1 amide bonds. The Labute approximate surface area is 167 Å². The standard InChI is InChI=1S/C22H20N4O3/c1-13-17(10-11-20(27)29-16-7-5-6-15(12-16)21(23)28)14(2)26-22(24-13)18-8-3-4-9-19(18)25-26/h3-9,12H,10-11H2,1-2H3,(H2,23,28). The third-order valence-electron chi connectivity index (χ3n) is 4.95. The molecule has 0 aliphatic heterocycles. The summed E-state index contributed by atoms with van der Waals surface area (Å²) in [7, 11) is 0. The van der Waals surface area contributed by atoms with Crippen molar-refractivity contribution < 1.29 is 14.3 Å². The zero-order chi connectivity index (χ0) is 20.5. The van der Waals surface area contributed by atoms with Crippen molar-refractivity contribution in [3.8, 4) is 5.75 Å². The SMILES string of the molecule is Cc1nc2c3ccccc3nn2c(C)c1CCC(=O)Oc1cccc(C(N)=O)c1. The topological polar surface area (TPSA) is 99.6 Å². The van der Waals surface area contributed by atoms with Gasteiger partial charge in [-0.15, -0.1) is 0 Å². The molecule has 0 fully saturated rings. The monoisotopic (exact) mass is 388 g/mol. The highest BCUT2D eigenvalue weighted by molar-refractivity contribution is 5.93. The Bertz CT molecular complexity index is 1260. The Morgan fingerprint density at radius 2 is 1.90 bits per heavy atom. The number of ether oxygens (including phenoxy) is 1. The number of hydrogen-bond donors (Lipinski definition) is 1. The lowest BCUT2D eigenvalue weighted by Gasteiger charge is -2.11. The second kappa shape index (κ2) is 7.35. The fourth-order valence-corrected chi connectivity index (χ4v) is 3.46. The van der Waals surface area contributed by atoms with Crippen molar-refractivity contribution in [1.29, 1.82) is 0 Å². The van der Waals surface area contributed by atoms with Gasteiger partial charge in [0.1, 0.15) is 5.75 Å². The molecule has 0 bridgehead atoms. The van der Waals surface area contributed by atoms with Crippen LogP contribution in [0.25, 0.3) is 16.6 Å². The molecule has 0 atom stereocenters. The van der Waals surface area contributed by atoms with E-state index in [9.17, 15) is 9.59 Å². The molecule has 29 heavy (non-hydrogen) atoms. The van der Waals surface area contributed by atoms with Crippen molar-refractivity contribution in [1.82, 2.24) is 14.6 Å². The maximum Gasteiger partial charge on any atom is 0.311 e. The van der Waals surface area contributed by atoms with E-state index in [1.54, 1.807) is 18.2 Å². The van der Waals surface area contributed by atoms with Crippen molar-refractivity contribution in [3.05, 3.63) is 71.0 Å². The van der Waals surface area contributed by atoms with Crippen molar-refractivity contribution in [2.45, 2.75) is 26.7 Å². The van der Waals surface area contributed by atoms with E-state index < -0.39 is 11.9 Å². The van der Waals surface area contributed by atoms with E-state index in [2.05, 4.69) is 5.10 Å². The van der Waals surface area contributed by atoms with Crippen molar-refractivity contribution in [3.63, 3.8) is 0 Å². The number of carbonyl (C=O) groups is 2. The number of aromatic nitrogens is 3. The molecular formula is C22H20N4O3. The second-order valence-corrected chi connectivity index (χ2v) is 6.88. The number of amides is 1. The summed E-state index contributed by atoms with van der Waals surface area (Å²) in [5.41, 5.74) is 10.0. The summed E-state index contributed by atoms with van der Waals surface area (Å²) in [6, 6.07) is 14.1. The van der Waals surface area contributed by atoms with Crippen LogP contribution in [0.4, 0.5) is 0 Å². The minimum Gasteiger partial charge on any atom is -0.426 e. The Morgan fingerprint density at radius 1 is 1.10 bits per heavy atom. The number of rotatable bonds is 5. The number of nitrogens with zero attached hydrogens (tertiary/aromatic N) is 3. The van der Waals surface area contributed by atoms with Crippen molar-refractivity contribution in [2.24, 2.45) is 5.73 Å². The van der Waals surface area contributed by atoms with Crippen LogP contribution in [0.3, 0.4) is 0 Å². The van der Waals surface area contributed by atoms with E-state index in [0.29, 0.717) is 17.7 Å². The number of hydrogen-bond acceptors (Lipinski definition) is 5. The molecule has 2 N–H and O–H groups in total. The molecule has 146 valence electrons. The first-order valence-electron chi connectivity index (χ1n) is 9.28. The molecule has 0 radical (unpaired) electrons. The summed E-state index contributed by atoms with van der Waals surface area (Å²) in [4.78, 5) is 28.3. The lowest BCUT2D eigenvalue weighted by Crippen LogP contribution is -2.13. The first-order chi connectivity index (χ1) is 13.9. The van der Waals surface area contributed by atoms with Gasteiger partial charge in [0.25, 0.3) is 0 Å². The maximum atomic E-state index is 12.3. The van der Waals surface area contributed by atoms with Crippen LogP contribution in [-0.2, 0) is 11.2 Å². The molecule has 0 spiro atoms. The van der Waals surface area contributed by atoms with E-state index >= 15 is 0 Å². The number of primary amides is 1. The molecule has 0 unspecified atom stereocenters. The first kappa shape index (κ1) is 18.6. The Hall–Kier alpha value is -3.74. The Morgan fingerprint density at radius 3 is 2.69 bits per heavy atom. The third-order valence-corrected chi connectivity index (χ3v) is 4.95. The van der Waals surface area contributed by atoms with Crippen LogP contribution < -0.4 is 10.5 Å². The molecular weight excluding hydrogens is 368 g/mol. The van der Waals surface area contributed by atoms with Gasteiger partial charge in [0.05, 0.1) is 11.9 Å². The minimum atomic E-state index is -0.569. The van der Waals surface area contributed by atoms with Crippen molar-refractivity contribution >= 4 is 28.4 Å². The highest BCUT2D eigenvalue weighted by atomic mass is 16.5. The number of esters is 1. The van der Waals surface area contributed by atoms with E-state index in [-0.39, 0.29) is 6.42 Å². The molecule has 4 aromatic rings.